The smallest absolute Gasteiger partial charge is 0.322 e. The molecule has 0 saturated carbocycles. The Kier molecular flexibility index (Phi) is 6.33. The van der Waals surface area contributed by atoms with Gasteiger partial charge in [0.25, 0.3) is 5.91 Å². The van der Waals surface area contributed by atoms with Crippen molar-refractivity contribution in [3.05, 3.63) is 65.5 Å². The molecule has 2 aromatic carbocycles. The van der Waals surface area contributed by atoms with Crippen LogP contribution in [0.2, 0.25) is 0 Å². The third kappa shape index (κ3) is 4.71. The highest BCUT2D eigenvalue weighted by molar-refractivity contribution is 5.94. The minimum atomic E-state index is -1.28. The number of anilines is 1. The normalized spacial score (nSPS) is 21.3. The summed E-state index contributed by atoms with van der Waals surface area (Å²) in [4.78, 5) is 28.5. The van der Waals surface area contributed by atoms with E-state index in [1.165, 1.54) is 34.1 Å². The number of carbonyl (C=O) groups is 2. The van der Waals surface area contributed by atoms with Gasteiger partial charge in [-0.25, -0.2) is 18.0 Å². The molecule has 4 rings (SSSR count). The van der Waals surface area contributed by atoms with Gasteiger partial charge >= 0.3 is 6.03 Å². The zero-order chi connectivity index (χ0) is 22.7. The van der Waals surface area contributed by atoms with Gasteiger partial charge in [0.05, 0.1) is 31.9 Å². The molecule has 170 valence electrons. The number of urea groups is 1. The van der Waals surface area contributed by atoms with Crippen molar-refractivity contribution in [1.82, 2.24) is 9.80 Å². The molecular weight excluding hydrogens is 427 g/mol. The summed E-state index contributed by atoms with van der Waals surface area (Å²) in [7, 11) is 0. The molecule has 32 heavy (non-hydrogen) atoms. The molecule has 2 saturated heterocycles. The molecule has 0 radical (unpaired) electrons. The second-order valence-electron chi connectivity index (χ2n) is 7.65. The van der Waals surface area contributed by atoms with Gasteiger partial charge in [0.1, 0.15) is 5.82 Å². The Hall–Kier alpha value is -3.11. The molecular formula is C22H22F3N3O4. The lowest BCUT2D eigenvalue weighted by atomic mass is 10.1. The van der Waals surface area contributed by atoms with Crippen LogP contribution in [0.25, 0.3) is 0 Å². The highest BCUT2D eigenvalue weighted by Gasteiger charge is 2.43. The molecule has 2 aromatic rings. The molecule has 1 spiro atoms. The largest absolute Gasteiger partial charge is 0.347 e. The predicted octanol–water partition coefficient (Wildman–Crippen LogP) is 3.23. The molecule has 0 aromatic heterocycles. The van der Waals surface area contributed by atoms with Crippen molar-refractivity contribution < 1.29 is 32.2 Å². The van der Waals surface area contributed by atoms with Crippen molar-refractivity contribution >= 4 is 17.6 Å². The van der Waals surface area contributed by atoms with E-state index in [9.17, 15) is 22.8 Å². The van der Waals surface area contributed by atoms with Gasteiger partial charge < -0.3 is 24.6 Å². The summed E-state index contributed by atoms with van der Waals surface area (Å²) in [6, 6.07) is 8.25. The highest BCUT2D eigenvalue weighted by atomic mass is 19.2. The fourth-order valence-corrected chi connectivity index (χ4v) is 3.80. The quantitative estimate of drug-likeness (QED) is 0.765. The van der Waals surface area contributed by atoms with Crippen LogP contribution in [0.15, 0.2) is 42.5 Å². The second kappa shape index (κ2) is 9.17. The van der Waals surface area contributed by atoms with E-state index in [4.69, 9.17) is 9.47 Å². The summed E-state index contributed by atoms with van der Waals surface area (Å²) in [5.74, 6) is -4.47. The van der Waals surface area contributed by atoms with Gasteiger partial charge in [-0.1, -0.05) is 12.1 Å². The van der Waals surface area contributed by atoms with Crippen LogP contribution in [0.4, 0.5) is 23.7 Å². The predicted molar refractivity (Wildman–Crippen MR) is 109 cm³/mol. The van der Waals surface area contributed by atoms with Crippen LogP contribution in [-0.4, -0.2) is 66.9 Å². The van der Waals surface area contributed by atoms with Crippen LogP contribution in [0, 0.1) is 17.5 Å². The van der Waals surface area contributed by atoms with Crippen LogP contribution in [-0.2, 0) is 9.47 Å². The lowest BCUT2D eigenvalue weighted by Crippen LogP contribution is -2.60. The minimum Gasteiger partial charge on any atom is -0.347 e. The number of carbonyl (C=O) groups excluding carboxylic acids is 2. The summed E-state index contributed by atoms with van der Waals surface area (Å²) in [5.41, 5.74) is 0.0557. The van der Waals surface area contributed by atoms with E-state index in [1.54, 1.807) is 6.07 Å². The van der Waals surface area contributed by atoms with E-state index < -0.39 is 35.2 Å². The van der Waals surface area contributed by atoms with Gasteiger partial charge in [0, 0.05) is 24.8 Å². The van der Waals surface area contributed by atoms with Crippen molar-refractivity contribution in [3.8, 4) is 0 Å². The van der Waals surface area contributed by atoms with E-state index in [0.717, 1.165) is 12.1 Å². The maximum absolute atomic E-state index is 14.1. The number of halogens is 3. The maximum Gasteiger partial charge on any atom is 0.322 e. The lowest BCUT2D eigenvalue weighted by molar-refractivity contribution is -0.258. The Morgan fingerprint density at radius 3 is 2.41 bits per heavy atom. The minimum absolute atomic E-state index is 0.00353. The van der Waals surface area contributed by atoms with Gasteiger partial charge in [-0.3, -0.25) is 4.79 Å². The first-order valence-electron chi connectivity index (χ1n) is 10.2. The van der Waals surface area contributed by atoms with Gasteiger partial charge in [-0.05, 0) is 30.7 Å². The first kappa shape index (κ1) is 22.1. The molecule has 1 unspecified atom stereocenters. The van der Waals surface area contributed by atoms with Crippen LogP contribution in [0.5, 0.6) is 0 Å². The number of ether oxygens (including phenoxy) is 2. The van der Waals surface area contributed by atoms with E-state index in [-0.39, 0.29) is 44.1 Å². The van der Waals surface area contributed by atoms with Crippen LogP contribution >= 0.6 is 0 Å². The van der Waals surface area contributed by atoms with Crippen molar-refractivity contribution in [2.24, 2.45) is 0 Å². The highest BCUT2D eigenvalue weighted by Crippen LogP contribution is 2.26. The molecule has 1 N–H and O–H groups in total. The monoisotopic (exact) mass is 449 g/mol. The van der Waals surface area contributed by atoms with Crippen LogP contribution in [0.3, 0.4) is 0 Å². The standard InChI is InChI=1S/C22H22F3N3O4/c23-17-5-2-1-4-16(17)20(29)27-9-11-32-22(13-27)14-28(8-3-10-31-22)21(30)26-15-6-7-18(24)19(25)12-15/h1-2,4-7,12H,3,8-11,13-14H2,(H,26,30). The molecule has 0 aliphatic carbocycles. The number of amides is 3. The summed E-state index contributed by atoms with van der Waals surface area (Å²) in [6.45, 7) is 1.04. The second-order valence-corrected chi connectivity index (χ2v) is 7.65. The Balaban J connectivity index is 1.48. The average molecular weight is 449 g/mol. The Morgan fingerprint density at radius 2 is 1.62 bits per heavy atom. The molecule has 2 fully saturated rings. The number of nitrogens with one attached hydrogen (secondary N) is 1. The van der Waals surface area contributed by atoms with Crippen LogP contribution in [0.1, 0.15) is 16.8 Å². The van der Waals surface area contributed by atoms with Gasteiger partial charge in [-0.2, -0.15) is 0 Å². The third-order valence-corrected chi connectivity index (χ3v) is 5.38. The Morgan fingerprint density at radius 1 is 0.875 bits per heavy atom. The number of benzene rings is 2. The van der Waals surface area contributed by atoms with E-state index in [0.29, 0.717) is 13.0 Å². The fourth-order valence-electron chi connectivity index (χ4n) is 3.80. The zero-order valence-electron chi connectivity index (χ0n) is 17.2. The molecule has 2 aliphatic rings. The number of morpholine rings is 1. The summed E-state index contributed by atoms with van der Waals surface area (Å²) in [5, 5.41) is 2.54. The molecule has 2 aliphatic heterocycles. The summed E-state index contributed by atoms with van der Waals surface area (Å²) < 4.78 is 52.5. The van der Waals surface area contributed by atoms with Crippen molar-refractivity contribution in [1.29, 1.82) is 0 Å². The van der Waals surface area contributed by atoms with Crippen molar-refractivity contribution in [2.75, 3.05) is 44.7 Å². The van der Waals surface area contributed by atoms with Gasteiger partial charge in [0.15, 0.2) is 11.6 Å². The Labute approximate surface area is 182 Å². The van der Waals surface area contributed by atoms with Crippen molar-refractivity contribution in [2.45, 2.75) is 12.2 Å². The molecule has 0 bridgehead atoms. The fraction of sp³-hybridized carbons (Fsp3) is 0.364. The maximum atomic E-state index is 14.1. The summed E-state index contributed by atoms with van der Waals surface area (Å²) in [6.07, 6.45) is 0.511. The third-order valence-electron chi connectivity index (χ3n) is 5.38. The number of rotatable bonds is 2. The SMILES string of the molecule is O=C(Nc1ccc(F)c(F)c1)N1CCCOC2(C1)CN(C(=O)c1ccccc1F)CCO2. The van der Waals surface area contributed by atoms with Gasteiger partial charge in [0.2, 0.25) is 5.79 Å². The number of nitrogens with zero attached hydrogens (tertiary/aromatic N) is 2. The first-order valence-corrected chi connectivity index (χ1v) is 10.2. The summed E-state index contributed by atoms with van der Waals surface area (Å²) >= 11 is 0. The number of hydrogen-bond acceptors (Lipinski definition) is 4. The molecule has 3 amide bonds. The molecule has 1 atom stereocenters. The van der Waals surface area contributed by atoms with Crippen molar-refractivity contribution in [3.63, 3.8) is 0 Å². The van der Waals surface area contributed by atoms with Crippen LogP contribution < -0.4 is 5.32 Å². The van der Waals surface area contributed by atoms with E-state index in [1.807, 2.05) is 0 Å². The topological polar surface area (TPSA) is 71.1 Å². The molecule has 10 heteroatoms. The zero-order valence-corrected chi connectivity index (χ0v) is 17.2. The molecule has 2 heterocycles. The number of hydrogen-bond donors (Lipinski definition) is 1. The molecule has 7 nitrogen and oxygen atoms in total. The average Bonchev–Trinajstić information content (AvgIpc) is 2.99. The lowest BCUT2D eigenvalue weighted by Gasteiger charge is -2.43. The van der Waals surface area contributed by atoms with E-state index >= 15 is 0 Å². The van der Waals surface area contributed by atoms with E-state index in [2.05, 4.69) is 5.32 Å². The Bertz CT molecular complexity index is 1020. The van der Waals surface area contributed by atoms with Gasteiger partial charge in [-0.15, -0.1) is 0 Å². The first-order chi connectivity index (χ1) is 15.4.